The summed E-state index contributed by atoms with van der Waals surface area (Å²) in [6, 6.07) is 8.83. The van der Waals surface area contributed by atoms with Crippen LogP contribution in [-0.2, 0) is 19.7 Å². The van der Waals surface area contributed by atoms with E-state index < -0.39 is 17.4 Å². The molecule has 5 nitrogen and oxygen atoms in total. The van der Waals surface area contributed by atoms with E-state index in [9.17, 15) is 9.59 Å². The first-order valence-corrected chi connectivity index (χ1v) is 7.71. The van der Waals surface area contributed by atoms with Crippen LogP contribution in [0, 0.1) is 5.92 Å². The third-order valence-electron chi connectivity index (χ3n) is 4.64. The van der Waals surface area contributed by atoms with E-state index in [2.05, 4.69) is 0 Å². The third-order valence-corrected chi connectivity index (χ3v) is 4.64. The van der Waals surface area contributed by atoms with Crippen molar-refractivity contribution in [2.24, 2.45) is 11.7 Å². The largest absolute Gasteiger partial charge is 0.468 e. The van der Waals surface area contributed by atoms with Gasteiger partial charge in [-0.2, -0.15) is 0 Å². The number of methoxy groups -OCH3 is 1. The number of carbonyl (C=O) groups is 2. The molecular weight excluding hydrogens is 280 g/mol. The van der Waals surface area contributed by atoms with E-state index >= 15 is 0 Å². The second kappa shape index (κ2) is 6.48. The van der Waals surface area contributed by atoms with Crippen molar-refractivity contribution in [1.82, 2.24) is 4.90 Å². The number of rotatable bonds is 6. The molecule has 2 N–H and O–H groups in total. The summed E-state index contributed by atoms with van der Waals surface area (Å²) in [6.45, 7) is 5.20. The van der Waals surface area contributed by atoms with Gasteiger partial charge in [-0.05, 0) is 25.8 Å². The van der Waals surface area contributed by atoms with Gasteiger partial charge in [0.15, 0.2) is 0 Å². The van der Waals surface area contributed by atoms with Crippen molar-refractivity contribution in [1.29, 1.82) is 0 Å². The minimum Gasteiger partial charge on any atom is -0.468 e. The van der Waals surface area contributed by atoms with Crippen molar-refractivity contribution in [2.75, 3.05) is 20.2 Å². The zero-order valence-corrected chi connectivity index (χ0v) is 13.4. The highest BCUT2D eigenvalue weighted by Crippen LogP contribution is 2.56. The molecule has 2 rings (SSSR count). The van der Waals surface area contributed by atoms with Crippen LogP contribution in [0.4, 0.5) is 0 Å². The van der Waals surface area contributed by atoms with Crippen LogP contribution in [0.15, 0.2) is 30.3 Å². The molecule has 0 bridgehead atoms. The van der Waals surface area contributed by atoms with Crippen LogP contribution in [0.3, 0.4) is 0 Å². The molecular formula is C17H24N2O3. The molecule has 1 aromatic rings. The highest BCUT2D eigenvalue weighted by Gasteiger charge is 2.65. The van der Waals surface area contributed by atoms with E-state index in [0.717, 1.165) is 5.56 Å². The Morgan fingerprint density at radius 1 is 1.32 bits per heavy atom. The fourth-order valence-corrected chi connectivity index (χ4v) is 3.25. The Morgan fingerprint density at radius 3 is 2.41 bits per heavy atom. The summed E-state index contributed by atoms with van der Waals surface area (Å²) in [5.74, 6) is -0.626. The maximum Gasteiger partial charge on any atom is 0.322 e. The lowest BCUT2D eigenvalue weighted by atomic mass is 9.89. The Balaban J connectivity index is 2.37. The number of benzene rings is 1. The van der Waals surface area contributed by atoms with Crippen LogP contribution in [0.25, 0.3) is 0 Å². The lowest BCUT2D eigenvalue weighted by Crippen LogP contribution is -2.44. The number of amides is 1. The molecule has 3 atom stereocenters. The molecule has 1 aromatic carbocycles. The van der Waals surface area contributed by atoms with Gasteiger partial charge in [-0.15, -0.1) is 0 Å². The Kier molecular flexibility index (Phi) is 4.86. The first kappa shape index (κ1) is 16.5. The molecule has 0 heterocycles. The molecule has 0 radical (unpaired) electrons. The Bertz CT molecular complexity index is 542. The number of likely N-dealkylation sites (N-methyl/N-ethyl adjacent to an activating group) is 1. The molecule has 22 heavy (non-hydrogen) atoms. The number of esters is 1. The van der Waals surface area contributed by atoms with Crippen molar-refractivity contribution < 1.29 is 14.3 Å². The molecule has 0 saturated heterocycles. The van der Waals surface area contributed by atoms with E-state index in [-0.39, 0.29) is 11.8 Å². The first-order valence-electron chi connectivity index (χ1n) is 7.71. The third kappa shape index (κ3) is 2.61. The van der Waals surface area contributed by atoms with Crippen molar-refractivity contribution in [3.63, 3.8) is 0 Å². The predicted octanol–water partition coefficient (Wildman–Crippen LogP) is 1.31. The lowest BCUT2D eigenvalue weighted by molar-refractivity contribution is -0.143. The zero-order chi connectivity index (χ0) is 16.3. The minimum atomic E-state index is -0.773. The van der Waals surface area contributed by atoms with Gasteiger partial charge in [0.25, 0.3) is 0 Å². The highest BCUT2D eigenvalue weighted by molar-refractivity contribution is 5.94. The van der Waals surface area contributed by atoms with E-state index in [0.29, 0.717) is 19.5 Å². The topological polar surface area (TPSA) is 72.6 Å². The van der Waals surface area contributed by atoms with Crippen LogP contribution in [0.1, 0.15) is 25.8 Å². The molecule has 0 spiro atoms. The second-order valence-electron chi connectivity index (χ2n) is 5.67. The van der Waals surface area contributed by atoms with E-state index in [1.165, 1.54) is 7.11 Å². The SMILES string of the molecule is CCN(CC)C(=O)[C@@]1(c2ccccc2)C[C@H]1C(N)C(=O)OC. The van der Waals surface area contributed by atoms with Crippen LogP contribution < -0.4 is 5.73 Å². The zero-order valence-electron chi connectivity index (χ0n) is 13.4. The van der Waals surface area contributed by atoms with Gasteiger partial charge < -0.3 is 15.4 Å². The van der Waals surface area contributed by atoms with E-state index in [1.54, 1.807) is 4.90 Å². The van der Waals surface area contributed by atoms with E-state index in [1.807, 2.05) is 44.2 Å². The van der Waals surface area contributed by atoms with Crippen molar-refractivity contribution >= 4 is 11.9 Å². The Labute approximate surface area is 131 Å². The molecule has 120 valence electrons. The molecule has 5 heteroatoms. The standard InChI is InChI=1S/C17H24N2O3/c1-4-19(5-2)16(21)17(12-9-7-6-8-10-12)11-13(17)14(18)15(20)22-3/h6-10,13-14H,4-5,11,18H2,1-3H3/t13-,14?,17+/m0/s1. The maximum atomic E-state index is 13.0. The maximum absolute atomic E-state index is 13.0. The normalized spacial score (nSPS) is 24.5. The Morgan fingerprint density at radius 2 is 1.91 bits per heavy atom. The number of nitrogens with two attached hydrogens (primary N) is 1. The number of nitrogens with zero attached hydrogens (tertiary/aromatic N) is 1. The van der Waals surface area contributed by atoms with Crippen LogP contribution in [-0.4, -0.2) is 43.0 Å². The van der Waals surface area contributed by atoms with Gasteiger partial charge in [0.05, 0.1) is 12.5 Å². The van der Waals surface area contributed by atoms with Gasteiger partial charge in [0.2, 0.25) is 5.91 Å². The molecule has 1 unspecified atom stereocenters. The van der Waals surface area contributed by atoms with Crippen LogP contribution in [0.5, 0.6) is 0 Å². The minimum absolute atomic E-state index is 0.0491. The second-order valence-corrected chi connectivity index (χ2v) is 5.67. The van der Waals surface area contributed by atoms with Gasteiger partial charge in [-0.25, -0.2) is 0 Å². The summed E-state index contributed by atoms with van der Waals surface area (Å²) >= 11 is 0. The summed E-state index contributed by atoms with van der Waals surface area (Å²) in [4.78, 5) is 26.6. The van der Waals surface area contributed by atoms with Gasteiger partial charge >= 0.3 is 5.97 Å². The molecule has 1 saturated carbocycles. The average Bonchev–Trinajstić information content (AvgIpc) is 3.32. The Hall–Kier alpha value is -1.88. The molecule has 1 amide bonds. The van der Waals surface area contributed by atoms with Gasteiger partial charge in [-0.1, -0.05) is 30.3 Å². The van der Waals surface area contributed by atoms with Crippen LogP contribution in [0.2, 0.25) is 0 Å². The van der Waals surface area contributed by atoms with Gasteiger partial charge in [0, 0.05) is 19.0 Å². The summed E-state index contributed by atoms with van der Waals surface area (Å²) in [6.07, 6.45) is 0.586. The molecule has 1 aliphatic rings. The summed E-state index contributed by atoms with van der Waals surface area (Å²) in [5, 5.41) is 0. The lowest BCUT2D eigenvalue weighted by Gasteiger charge is -2.27. The van der Waals surface area contributed by atoms with Gasteiger partial charge in [-0.3, -0.25) is 9.59 Å². The van der Waals surface area contributed by atoms with Crippen molar-refractivity contribution in [3.8, 4) is 0 Å². The fourth-order valence-electron chi connectivity index (χ4n) is 3.25. The highest BCUT2D eigenvalue weighted by atomic mass is 16.5. The number of hydrogen-bond acceptors (Lipinski definition) is 4. The summed E-state index contributed by atoms with van der Waals surface area (Å²) in [7, 11) is 1.32. The van der Waals surface area contributed by atoms with Gasteiger partial charge in [0.1, 0.15) is 6.04 Å². The molecule has 1 aliphatic carbocycles. The quantitative estimate of drug-likeness (QED) is 0.804. The van der Waals surface area contributed by atoms with E-state index in [4.69, 9.17) is 10.5 Å². The molecule has 0 aromatic heterocycles. The number of hydrogen-bond donors (Lipinski definition) is 1. The number of ether oxygens (including phenoxy) is 1. The summed E-state index contributed by atoms with van der Waals surface area (Å²) in [5.41, 5.74) is 6.26. The fraction of sp³-hybridized carbons (Fsp3) is 0.529. The van der Waals surface area contributed by atoms with Crippen LogP contribution >= 0.6 is 0 Å². The smallest absolute Gasteiger partial charge is 0.322 e. The average molecular weight is 304 g/mol. The molecule has 0 aliphatic heterocycles. The first-order chi connectivity index (χ1) is 10.5. The molecule has 1 fully saturated rings. The predicted molar refractivity (Wildman–Crippen MR) is 84.1 cm³/mol. The van der Waals surface area contributed by atoms with Crippen molar-refractivity contribution in [2.45, 2.75) is 31.7 Å². The van der Waals surface area contributed by atoms with Crippen molar-refractivity contribution in [3.05, 3.63) is 35.9 Å². The number of carbonyl (C=O) groups excluding carboxylic acids is 2. The summed E-state index contributed by atoms with van der Waals surface area (Å²) < 4.78 is 4.75. The monoisotopic (exact) mass is 304 g/mol.